The minimum atomic E-state index is -4.42. The summed E-state index contributed by atoms with van der Waals surface area (Å²) in [6.45, 7) is 6.99. The van der Waals surface area contributed by atoms with Gasteiger partial charge in [-0.3, -0.25) is 4.79 Å². The van der Waals surface area contributed by atoms with Crippen LogP contribution in [0.4, 0.5) is 13.2 Å². The van der Waals surface area contributed by atoms with Crippen molar-refractivity contribution in [1.29, 1.82) is 0 Å². The molecule has 1 N–H and O–H groups in total. The molecule has 2 heterocycles. The summed E-state index contributed by atoms with van der Waals surface area (Å²) in [5.74, 6) is -0.330. The molecule has 2 aromatic carbocycles. The molecule has 0 aliphatic heterocycles. The highest BCUT2D eigenvalue weighted by Gasteiger charge is 2.30. The topological polar surface area (TPSA) is 34.0 Å². The maximum Gasteiger partial charge on any atom is 0.416 e. The summed E-state index contributed by atoms with van der Waals surface area (Å²) in [5.41, 5.74) is 3.40. The van der Waals surface area contributed by atoms with Crippen LogP contribution >= 0.6 is 27.3 Å². The first-order valence-electron chi connectivity index (χ1n) is 10.7. The molecule has 0 fully saturated rings. The van der Waals surface area contributed by atoms with Gasteiger partial charge in [0.25, 0.3) is 5.91 Å². The van der Waals surface area contributed by atoms with E-state index < -0.39 is 11.7 Å². The fourth-order valence-corrected chi connectivity index (χ4v) is 5.36. The van der Waals surface area contributed by atoms with Crippen LogP contribution in [0.25, 0.3) is 10.2 Å². The third-order valence-corrected chi connectivity index (χ3v) is 7.23. The minimum absolute atomic E-state index is 0.00551. The Bertz CT molecular complexity index is 1330. The van der Waals surface area contributed by atoms with Crippen LogP contribution in [0.3, 0.4) is 0 Å². The van der Waals surface area contributed by atoms with E-state index in [0.717, 1.165) is 31.7 Å². The molecule has 1 amide bonds. The molecule has 0 radical (unpaired) electrons. The van der Waals surface area contributed by atoms with Gasteiger partial charge < -0.3 is 9.88 Å². The van der Waals surface area contributed by atoms with Crippen molar-refractivity contribution in [2.45, 2.75) is 45.5 Å². The zero-order chi connectivity index (χ0) is 24.7. The Hall–Kier alpha value is -2.58. The Morgan fingerprint density at radius 2 is 1.68 bits per heavy atom. The van der Waals surface area contributed by atoms with Crippen molar-refractivity contribution in [3.05, 3.63) is 92.4 Å². The second-order valence-electron chi connectivity index (χ2n) is 9.24. The number of benzene rings is 2. The Kier molecular flexibility index (Phi) is 6.66. The predicted octanol–water partition coefficient (Wildman–Crippen LogP) is 7.76. The number of rotatable bonds is 5. The van der Waals surface area contributed by atoms with Gasteiger partial charge >= 0.3 is 6.18 Å². The smallest absolute Gasteiger partial charge is 0.347 e. The molecule has 8 heteroatoms. The zero-order valence-corrected chi connectivity index (χ0v) is 21.4. The first-order valence-corrected chi connectivity index (χ1v) is 12.3. The Labute approximate surface area is 208 Å². The molecule has 0 spiro atoms. The Balaban J connectivity index is 1.58. The summed E-state index contributed by atoms with van der Waals surface area (Å²) >= 11 is 5.04. The Morgan fingerprint density at radius 3 is 2.32 bits per heavy atom. The average molecular weight is 549 g/mol. The number of carbonyl (C=O) groups is 1. The second-order valence-corrected chi connectivity index (χ2v) is 11.7. The molecule has 0 unspecified atom stereocenters. The molecule has 178 valence electrons. The number of aromatic nitrogens is 1. The largest absolute Gasteiger partial charge is 0.416 e. The van der Waals surface area contributed by atoms with E-state index in [1.807, 2.05) is 16.7 Å². The number of nitrogens with zero attached hydrogens (tertiary/aromatic N) is 1. The van der Waals surface area contributed by atoms with E-state index in [4.69, 9.17) is 0 Å². The fraction of sp³-hybridized carbons (Fsp3) is 0.269. The maximum absolute atomic E-state index is 13.1. The fourth-order valence-electron chi connectivity index (χ4n) is 3.79. The highest BCUT2D eigenvalue weighted by atomic mass is 79.9. The highest BCUT2D eigenvalue weighted by Crippen LogP contribution is 2.33. The van der Waals surface area contributed by atoms with Crippen LogP contribution < -0.4 is 5.32 Å². The number of thiophene rings is 1. The lowest BCUT2D eigenvalue weighted by Gasteiger charge is -2.19. The van der Waals surface area contributed by atoms with Gasteiger partial charge in [0.05, 0.1) is 19.6 Å². The van der Waals surface area contributed by atoms with E-state index in [1.54, 1.807) is 6.07 Å². The van der Waals surface area contributed by atoms with E-state index in [-0.39, 0.29) is 17.9 Å². The normalized spacial score (nSPS) is 12.3. The van der Waals surface area contributed by atoms with Gasteiger partial charge in [-0.2, -0.15) is 13.2 Å². The van der Waals surface area contributed by atoms with Crippen molar-refractivity contribution in [3.63, 3.8) is 0 Å². The maximum atomic E-state index is 13.1. The van der Waals surface area contributed by atoms with E-state index in [9.17, 15) is 18.0 Å². The number of amides is 1. The number of alkyl halides is 3. The SMILES string of the molecule is CC(C)(C)c1ccc(Cn2c(C(=O)NCc3cccc(C(F)(F)F)c3)cc3sc(Br)cc32)cc1. The van der Waals surface area contributed by atoms with Crippen molar-refractivity contribution in [2.24, 2.45) is 0 Å². The molecule has 0 saturated carbocycles. The molecule has 4 aromatic rings. The number of hydrogen-bond acceptors (Lipinski definition) is 2. The van der Waals surface area contributed by atoms with Gasteiger partial charge in [0.15, 0.2) is 0 Å². The first kappa shape index (κ1) is 24.5. The van der Waals surface area contributed by atoms with Gasteiger partial charge in [-0.1, -0.05) is 57.2 Å². The Morgan fingerprint density at radius 1 is 0.971 bits per heavy atom. The average Bonchev–Trinajstić information content (AvgIpc) is 3.28. The molecule has 34 heavy (non-hydrogen) atoms. The lowest BCUT2D eigenvalue weighted by molar-refractivity contribution is -0.137. The summed E-state index contributed by atoms with van der Waals surface area (Å²) in [5, 5.41) is 2.78. The molecule has 0 bridgehead atoms. The number of fused-ring (bicyclic) bond motifs is 1. The van der Waals surface area contributed by atoms with Crippen molar-refractivity contribution in [1.82, 2.24) is 9.88 Å². The molecule has 3 nitrogen and oxygen atoms in total. The van der Waals surface area contributed by atoms with E-state index in [0.29, 0.717) is 17.8 Å². The van der Waals surface area contributed by atoms with E-state index >= 15 is 0 Å². The lowest BCUT2D eigenvalue weighted by atomic mass is 9.87. The van der Waals surface area contributed by atoms with Crippen molar-refractivity contribution in [2.75, 3.05) is 0 Å². The predicted molar refractivity (Wildman–Crippen MR) is 134 cm³/mol. The van der Waals surface area contributed by atoms with Crippen LogP contribution in [0.15, 0.2) is 64.5 Å². The zero-order valence-electron chi connectivity index (χ0n) is 19.0. The standard InChI is InChI=1S/C26H24BrF3N2OS/c1-25(2,3)18-9-7-16(8-10-18)15-32-20-13-23(27)34-22(20)12-21(32)24(33)31-14-17-5-4-6-19(11-17)26(28,29)30/h4-13H,14-15H2,1-3H3,(H,31,33). The molecule has 0 atom stereocenters. The van der Waals surface area contributed by atoms with E-state index in [1.165, 1.54) is 23.0 Å². The summed E-state index contributed by atoms with van der Waals surface area (Å²) in [6, 6.07) is 17.2. The van der Waals surface area contributed by atoms with Crippen LogP contribution in [0.5, 0.6) is 0 Å². The van der Waals surface area contributed by atoms with Crippen LogP contribution in [0, 0.1) is 0 Å². The van der Waals surface area contributed by atoms with Gasteiger partial charge in [0.2, 0.25) is 0 Å². The third kappa shape index (κ3) is 5.39. The quantitative estimate of drug-likeness (QED) is 0.271. The first-order chi connectivity index (χ1) is 15.9. The van der Waals surface area contributed by atoms with Crippen LogP contribution in [-0.2, 0) is 24.7 Å². The molecule has 0 saturated heterocycles. The molecule has 2 aromatic heterocycles. The van der Waals surface area contributed by atoms with Crippen LogP contribution in [-0.4, -0.2) is 10.5 Å². The summed E-state index contributed by atoms with van der Waals surface area (Å²) in [7, 11) is 0. The van der Waals surface area contributed by atoms with Gasteiger partial charge in [0.1, 0.15) is 5.69 Å². The molecular formula is C26H24BrF3N2OS. The third-order valence-electron chi connectivity index (χ3n) is 5.66. The molecule has 0 aliphatic carbocycles. The molecule has 0 aliphatic rings. The number of halogens is 4. The summed E-state index contributed by atoms with van der Waals surface area (Å²) < 4.78 is 42.9. The number of nitrogens with one attached hydrogen (secondary N) is 1. The van der Waals surface area contributed by atoms with Crippen LogP contribution in [0.2, 0.25) is 0 Å². The van der Waals surface area contributed by atoms with Crippen LogP contribution in [0.1, 0.15) is 53.5 Å². The molecular weight excluding hydrogens is 525 g/mol. The van der Waals surface area contributed by atoms with Crippen molar-refractivity contribution < 1.29 is 18.0 Å². The number of hydrogen-bond donors (Lipinski definition) is 1. The summed E-state index contributed by atoms with van der Waals surface area (Å²) in [6.07, 6.45) is -4.42. The van der Waals surface area contributed by atoms with Crippen molar-refractivity contribution >= 4 is 43.4 Å². The van der Waals surface area contributed by atoms with Gasteiger partial charge in [-0.25, -0.2) is 0 Å². The van der Waals surface area contributed by atoms with Gasteiger partial charge in [0, 0.05) is 13.1 Å². The lowest BCUT2D eigenvalue weighted by Crippen LogP contribution is -2.26. The van der Waals surface area contributed by atoms with Gasteiger partial charge in [-0.15, -0.1) is 11.3 Å². The highest BCUT2D eigenvalue weighted by molar-refractivity contribution is 9.11. The minimum Gasteiger partial charge on any atom is -0.347 e. The van der Waals surface area contributed by atoms with E-state index in [2.05, 4.69) is 66.3 Å². The van der Waals surface area contributed by atoms with Crippen molar-refractivity contribution in [3.8, 4) is 0 Å². The van der Waals surface area contributed by atoms with Gasteiger partial charge in [-0.05, 0) is 62.3 Å². The summed E-state index contributed by atoms with van der Waals surface area (Å²) in [4.78, 5) is 13.1. The molecule has 4 rings (SSSR count). The second kappa shape index (κ2) is 9.23. The monoisotopic (exact) mass is 548 g/mol. The number of carbonyl (C=O) groups excluding carboxylic acids is 1.